The second-order valence-corrected chi connectivity index (χ2v) is 8.12. The van der Waals surface area contributed by atoms with Crippen molar-refractivity contribution in [3.05, 3.63) is 36.3 Å². The zero-order valence-electron chi connectivity index (χ0n) is 18.0. The van der Waals surface area contributed by atoms with E-state index in [1.807, 2.05) is 46.0 Å². The first-order valence-corrected chi connectivity index (χ1v) is 9.81. The molecule has 3 aromatic heterocycles. The van der Waals surface area contributed by atoms with Gasteiger partial charge in [-0.05, 0) is 46.8 Å². The van der Waals surface area contributed by atoms with Gasteiger partial charge in [0, 0.05) is 24.1 Å². The maximum Gasteiger partial charge on any atom is 0.498 e. The Bertz CT molecular complexity index is 1090. The molecule has 1 fully saturated rings. The molecular weight excluding hydrogens is 387 g/mol. The SMILES string of the molecule is CCOC(=O)c1cn(-c2ccn3ncc(B4OC(C)(C)C(C)(C)O4)c3c2)nc1OC. The average molecular weight is 412 g/mol. The van der Waals surface area contributed by atoms with Crippen LogP contribution in [-0.2, 0) is 14.0 Å². The Morgan fingerprint density at radius 3 is 2.57 bits per heavy atom. The van der Waals surface area contributed by atoms with E-state index < -0.39 is 24.3 Å². The van der Waals surface area contributed by atoms with E-state index in [2.05, 4.69) is 10.2 Å². The van der Waals surface area contributed by atoms with Crippen LogP contribution in [0.3, 0.4) is 0 Å². The van der Waals surface area contributed by atoms with Crippen LogP contribution < -0.4 is 10.2 Å². The Labute approximate surface area is 175 Å². The lowest BCUT2D eigenvalue weighted by Crippen LogP contribution is -2.41. The van der Waals surface area contributed by atoms with Gasteiger partial charge in [0.25, 0.3) is 0 Å². The summed E-state index contributed by atoms with van der Waals surface area (Å²) in [6.45, 7) is 10.1. The first-order chi connectivity index (χ1) is 14.2. The molecule has 0 spiro atoms. The molecular formula is C20H25BN4O5. The summed E-state index contributed by atoms with van der Waals surface area (Å²) < 4.78 is 26.0. The molecule has 0 bridgehead atoms. The van der Waals surface area contributed by atoms with E-state index in [0.29, 0.717) is 0 Å². The fourth-order valence-electron chi connectivity index (χ4n) is 3.27. The quantitative estimate of drug-likeness (QED) is 0.468. The highest BCUT2D eigenvalue weighted by atomic mass is 16.7. The number of pyridine rings is 1. The van der Waals surface area contributed by atoms with E-state index in [4.69, 9.17) is 18.8 Å². The fourth-order valence-corrected chi connectivity index (χ4v) is 3.27. The standard InChI is InChI=1S/C20H25BN4O5/c1-7-28-18(26)14-12-25(23-17(14)27-6)13-8-9-24-16(10-13)15(11-22-24)21-29-19(2,3)20(4,5)30-21/h8-12H,7H2,1-6H3. The molecule has 9 nitrogen and oxygen atoms in total. The Hall–Kier alpha value is -2.85. The van der Waals surface area contributed by atoms with Crippen molar-refractivity contribution in [1.82, 2.24) is 19.4 Å². The Kier molecular flexibility index (Phi) is 4.86. The second-order valence-electron chi connectivity index (χ2n) is 8.12. The molecule has 1 aliphatic heterocycles. The predicted molar refractivity (Wildman–Crippen MR) is 111 cm³/mol. The van der Waals surface area contributed by atoms with Crippen molar-refractivity contribution >= 4 is 24.1 Å². The first-order valence-electron chi connectivity index (χ1n) is 9.81. The molecule has 10 heteroatoms. The van der Waals surface area contributed by atoms with Gasteiger partial charge >= 0.3 is 13.1 Å². The second kappa shape index (κ2) is 7.14. The van der Waals surface area contributed by atoms with Gasteiger partial charge in [-0.25, -0.2) is 14.0 Å². The average Bonchev–Trinajstić information content (AvgIpc) is 3.35. The maximum absolute atomic E-state index is 12.2. The third-order valence-electron chi connectivity index (χ3n) is 5.68. The van der Waals surface area contributed by atoms with Gasteiger partial charge in [-0.2, -0.15) is 5.10 Å². The summed E-state index contributed by atoms with van der Waals surface area (Å²) in [4.78, 5) is 12.2. The number of ether oxygens (including phenoxy) is 2. The van der Waals surface area contributed by atoms with Crippen molar-refractivity contribution in [2.75, 3.05) is 13.7 Å². The number of esters is 1. The van der Waals surface area contributed by atoms with Crippen molar-refractivity contribution in [2.24, 2.45) is 0 Å². The molecule has 0 aliphatic carbocycles. The molecule has 0 N–H and O–H groups in total. The molecule has 0 radical (unpaired) electrons. The Balaban J connectivity index is 1.73. The van der Waals surface area contributed by atoms with Gasteiger partial charge in [-0.15, -0.1) is 5.10 Å². The summed E-state index contributed by atoms with van der Waals surface area (Å²) in [7, 11) is 0.927. The maximum atomic E-state index is 12.2. The lowest BCUT2D eigenvalue weighted by atomic mass is 9.80. The molecule has 0 saturated carbocycles. The number of carbonyl (C=O) groups excluding carboxylic acids is 1. The molecule has 0 atom stereocenters. The molecule has 0 aromatic carbocycles. The summed E-state index contributed by atoms with van der Waals surface area (Å²) in [5, 5.41) is 8.78. The van der Waals surface area contributed by atoms with Crippen LogP contribution in [0, 0.1) is 0 Å². The van der Waals surface area contributed by atoms with Crippen LogP contribution in [0.15, 0.2) is 30.7 Å². The van der Waals surface area contributed by atoms with Gasteiger partial charge in [-0.3, -0.25) is 0 Å². The van der Waals surface area contributed by atoms with Crippen molar-refractivity contribution in [1.29, 1.82) is 0 Å². The largest absolute Gasteiger partial charge is 0.498 e. The normalized spacial score (nSPS) is 17.5. The molecule has 30 heavy (non-hydrogen) atoms. The fraction of sp³-hybridized carbons (Fsp3) is 0.450. The minimum absolute atomic E-state index is 0.202. The van der Waals surface area contributed by atoms with Crippen LogP contribution in [0.1, 0.15) is 45.0 Å². The van der Waals surface area contributed by atoms with E-state index >= 15 is 0 Å². The van der Waals surface area contributed by atoms with Crippen LogP contribution in [0.25, 0.3) is 11.2 Å². The number of hydrogen-bond donors (Lipinski definition) is 0. The van der Waals surface area contributed by atoms with Gasteiger partial charge in [0.2, 0.25) is 5.88 Å². The van der Waals surface area contributed by atoms with Crippen molar-refractivity contribution in [3.8, 4) is 11.6 Å². The number of rotatable bonds is 5. The number of methoxy groups -OCH3 is 1. The molecule has 4 heterocycles. The van der Waals surface area contributed by atoms with E-state index in [-0.39, 0.29) is 18.1 Å². The van der Waals surface area contributed by atoms with E-state index in [1.54, 1.807) is 28.5 Å². The molecule has 1 saturated heterocycles. The number of aromatic nitrogens is 4. The molecule has 158 valence electrons. The van der Waals surface area contributed by atoms with Crippen molar-refractivity contribution in [2.45, 2.75) is 45.8 Å². The van der Waals surface area contributed by atoms with Gasteiger partial charge in [0.1, 0.15) is 5.56 Å². The smallest absolute Gasteiger partial charge is 0.479 e. The predicted octanol–water partition coefficient (Wildman–Crippen LogP) is 2.00. The summed E-state index contributed by atoms with van der Waals surface area (Å²) in [6, 6.07) is 3.75. The van der Waals surface area contributed by atoms with Crippen molar-refractivity contribution < 1.29 is 23.6 Å². The lowest BCUT2D eigenvalue weighted by molar-refractivity contribution is 0.00578. The van der Waals surface area contributed by atoms with Crippen LogP contribution in [0.5, 0.6) is 5.88 Å². The zero-order valence-corrected chi connectivity index (χ0v) is 18.0. The number of fused-ring (bicyclic) bond motifs is 1. The van der Waals surface area contributed by atoms with Crippen LogP contribution in [-0.4, -0.2) is 57.4 Å². The van der Waals surface area contributed by atoms with Crippen LogP contribution in [0.4, 0.5) is 0 Å². The highest BCUT2D eigenvalue weighted by Gasteiger charge is 2.52. The van der Waals surface area contributed by atoms with Crippen LogP contribution in [0.2, 0.25) is 0 Å². The summed E-state index contributed by atoms with van der Waals surface area (Å²) >= 11 is 0. The summed E-state index contributed by atoms with van der Waals surface area (Å²) in [6.07, 6.45) is 5.15. The molecule has 0 amide bonds. The van der Waals surface area contributed by atoms with Gasteiger partial charge in [0.05, 0.1) is 36.1 Å². The third kappa shape index (κ3) is 3.25. The third-order valence-corrected chi connectivity index (χ3v) is 5.68. The topological polar surface area (TPSA) is 89.1 Å². The van der Waals surface area contributed by atoms with Gasteiger partial charge < -0.3 is 18.8 Å². The van der Waals surface area contributed by atoms with Crippen LogP contribution >= 0.6 is 0 Å². The van der Waals surface area contributed by atoms with E-state index in [0.717, 1.165) is 16.7 Å². The Morgan fingerprint density at radius 1 is 1.23 bits per heavy atom. The molecule has 3 aromatic rings. The van der Waals surface area contributed by atoms with Crippen molar-refractivity contribution in [3.63, 3.8) is 0 Å². The number of hydrogen-bond acceptors (Lipinski definition) is 7. The minimum atomic E-state index is -0.537. The summed E-state index contributed by atoms with van der Waals surface area (Å²) in [5.41, 5.74) is 1.73. The first kappa shape index (κ1) is 20.4. The molecule has 4 rings (SSSR count). The van der Waals surface area contributed by atoms with Gasteiger partial charge in [0.15, 0.2) is 0 Å². The van der Waals surface area contributed by atoms with Gasteiger partial charge in [-0.1, -0.05) is 0 Å². The number of nitrogens with zero attached hydrogens (tertiary/aromatic N) is 4. The summed E-state index contributed by atoms with van der Waals surface area (Å²) in [5.74, 6) is -0.281. The Morgan fingerprint density at radius 2 is 1.93 bits per heavy atom. The molecule has 0 unspecified atom stereocenters. The zero-order chi connectivity index (χ0) is 21.7. The molecule has 1 aliphatic rings. The van der Waals surface area contributed by atoms with E-state index in [9.17, 15) is 4.79 Å². The lowest BCUT2D eigenvalue weighted by Gasteiger charge is -2.32. The number of carbonyl (C=O) groups is 1. The highest BCUT2D eigenvalue weighted by molar-refractivity contribution is 6.64. The van der Waals surface area contributed by atoms with E-state index in [1.165, 1.54) is 7.11 Å². The highest BCUT2D eigenvalue weighted by Crippen LogP contribution is 2.36. The monoisotopic (exact) mass is 412 g/mol. The minimum Gasteiger partial charge on any atom is -0.479 e.